The predicted octanol–water partition coefficient (Wildman–Crippen LogP) is 12.5. The smallest absolute Gasteiger partial charge is 0.306 e. The van der Waals surface area contributed by atoms with Crippen LogP contribution in [0.2, 0.25) is 0 Å². The van der Waals surface area contributed by atoms with E-state index in [9.17, 15) is 19.0 Å². The average molecular weight is 890 g/mol. The third-order valence-electron chi connectivity index (χ3n) is 10.4. The van der Waals surface area contributed by atoms with Gasteiger partial charge in [-0.25, -0.2) is 0 Å². The number of epoxide rings is 1. The minimum atomic E-state index is -4.65. The summed E-state index contributed by atoms with van der Waals surface area (Å²) in [4.78, 5) is 37.6. The fraction of sp³-hybridized carbons (Fsp3) is 0.725. The maximum atomic E-state index is 12.7. The second-order valence-electron chi connectivity index (χ2n) is 17.5. The Bertz CT molecular complexity index is 1350. The number of hydrogen-bond acceptors (Lipinski definition) is 9. The predicted molar refractivity (Wildman–Crippen MR) is 254 cm³/mol. The third kappa shape index (κ3) is 39.0. The first-order chi connectivity index (χ1) is 30.0. The van der Waals surface area contributed by atoms with Gasteiger partial charge in [-0.15, -0.1) is 0 Å². The van der Waals surface area contributed by atoms with Gasteiger partial charge in [-0.05, 0) is 83.5 Å². The van der Waals surface area contributed by atoms with Crippen molar-refractivity contribution in [3.8, 4) is 0 Å². The van der Waals surface area contributed by atoms with Crippen LogP contribution < -0.4 is 4.89 Å². The number of rotatable bonds is 42. The number of ether oxygens (including phenoxy) is 3. The number of hydrogen-bond donors (Lipinski definition) is 0. The van der Waals surface area contributed by atoms with Crippen LogP contribution in [-0.2, 0) is 37.4 Å². The van der Waals surface area contributed by atoms with Crippen LogP contribution in [0.25, 0.3) is 0 Å². The van der Waals surface area contributed by atoms with E-state index in [4.69, 9.17) is 23.3 Å². The zero-order chi connectivity index (χ0) is 45.4. The normalized spacial score (nSPS) is 17.4. The van der Waals surface area contributed by atoms with Gasteiger partial charge >= 0.3 is 11.9 Å². The number of phosphoric acid groups is 1. The van der Waals surface area contributed by atoms with Crippen LogP contribution in [0.1, 0.15) is 174 Å². The molecule has 0 N–H and O–H groups in total. The summed E-state index contributed by atoms with van der Waals surface area (Å²) < 4.78 is 39.6. The van der Waals surface area contributed by atoms with Gasteiger partial charge in [-0.1, -0.05) is 151 Å². The van der Waals surface area contributed by atoms with E-state index in [1.807, 2.05) is 27.2 Å². The quantitative estimate of drug-likeness (QED) is 0.0147. The molecule has 1 saturated heterocycles. The Morgan fingerprint density at radius 2 is 1.10 bits per heavy atom. The SMILES string of the molecule is CCCCCC/C=C\C/C=C\C/C=C\CCCCCCCCC(=O)O[C@H](COC(=O)CCC/C=C\C/C=C\C/C=C\CC1OC1CCCCC)COP(=O)([O-])OCC[N+](C)(C)C. The van der Waals surface area contributed by atoms with Crippen LogP contribution in [0.4, 0.5) is 0 Å². The molecule has 3 unspecified atom stereocenters. The number of nitrogens with zero attached hydrogens (tertiary/aromatic N) is 1. The number of phosphoric ester groups is 1. The van der Waals surface area contributed by atoms with Crippen molar-refractivity contribution in [3.63, 3.8) is 0 Å². The highest BCUT2D eigenvalue weighted by Crippen LogP contribution is 2.38. The van der Waals surface area contributed by atoms with Crippen LogP contribution in [-0.4, -0.2) is 82.2 Å². The van der Waals surface area contributed by atoms with E-state index in [2.05, 4.69) is 80.7 Å². The van der Waals surface area contributed by atoms with Gasteiger partial charge in [0, 0.05) is 12.8 Å². The van der Waals surface area contributed by atoms with Crippen LogP contribution in [0.15, 0.2) is 72.9 Å². The summed E-state index contributed by atoms with van der Waals surface area (Å²) in [5, 5.41) is 0. The van der Waals surface area contributed by atoms with Gasteiger partial charge in [-0.2, -0.15) is 0 Å². The zero-order valence-corrected chi connectivity index (χ0v) is 40.6. The van der Waals surface area contributed by atoms with Gasteiger partial charge in [-0.3, -0.25) is 14.2 Å². The summed E-state index contributed by atoms with van der Waals surface area (Å²) in [5.74, 6) is -0.924. The van der Waals surface area contributed by atoms with Gasteiger partial charge in [0.15, 0.2) is 6.10 Å². The van der Waals surface area contributed by atoms with Crippen molar-refractivity contribution in [2.45, 2.75) is 193 Å². The maximum absolute atomic E-state index is 12.7. The molecular formula is C51H88NO9P. The molecule has 1 rings (SSSR count). The Balaban J connectivity index is 2.29. The second-order valence-corrected chi connectivity index (χ2v) is 18.9. The highest BCUT2D eigenvalue weighted by atomic mass is 31.2. The van der Waals surface area contributed by atoms with Crippen molar-refractivity contribution in [3.05, 3.63) is 72.9 Å². The number of likely N-dealkylation sites (N-methyl/N-ethyl adjacent to an activating group) is 1. The lowest BCUT2D eigenvalue weighted by Crippen LogP contribution is -2.37. The van der Waals surface area contributed by atoms with Crippen molar-refractivity contribution in [1.29, 1.82) is 0 Å². The number of quaternary nitrogens is 1. The zero-order valence-electron chi connectivity index (χ0n) is 39.7. The first-order valence-electron chi connectivity index (χ1n) is 24.3. The summed E-state index contributed by atoms with van der Waals surface area (Å²) >= 11 is 0. The third-order valence-corrected chi connectivity index (χ3v) is 11.3. The van der Waals surface area contributed by atoms with E-state index in [0.717, 1.165) is 77.0 Å². The van der Waals surface area contributed by atoms with Gasteiger partial charge in [0.1, 0.15) is 19.8 Å². The summed E-state index contributed by atoms with van der Waals surface area (Å²) in [6.07, 6.45) is 51.1. The van der Waals surface area contributed by atoms with E-state index in [-0.39, 0.29) is 26.1 Å². The molecule has 1 aliphatic rings. The Morgan fingerprint density at radius 3 is 1.69 bits per heavy atom. The van der Waals surface area contributed by atoms with E-state index in [1.54, 1.807) is 0 Å². The van der Waals surface area contributed by atoms with Crippen molar-refractivity contribution >= 4 is 19.8 Å². The largest absolute Gasteiger partial charge is 0.756 e. The summed E-state index contributed by atoms with van der Waals surface area (Å²) in [7, 11) is 1.11. The minimum absolute atomic E-state index is 0.0477. The number of carbonyl (C=O) groups is 2. The fourth-order valence-corrected chi connectivity index (χ4v) is 7.18. The number of allylic oxidation sites excluding steroid dienone is 11. The molecule has 62 heavy (non-hydrogen) atoms. The lowest BCUT2D eigenvalue weighted by Gasteiger charge is -2.28. The Morgan fingerprint density at radius 1 is 0.597 bits per heavy atom. The summed E-state index contributed by atoms with van der Waals surface area (Å²) in [6, 6.07) is 0. The van der Waals surface area contributed by atoms with Crippen LogP contribution in [0.3, 0.4) is 0 Å². The molecule has 0 aromatic carbocycles. The highest BCUT2D eigenvalue weighted by molar-refractivity contribution is 7.45. The minimum Gasteiger partial charge on any atom is -0.756 e. The molecule has 10 nitrogen and oxygen atoms in total. The molecule has 11 heteroatoms. The van der Waals surface area contributed by atoms with Gasteiger partial charge < -0.3 is 32.6 Å². The molecule has 0 bridgehead atoms. The standard InChI is InChI=1S/C51H88NO9P/c1-6-8-10-11-12-13-14-15-16-17-18-19-20-21-22-23-28-31-34-38-42-51(54)60-47(46-59-62(55,56)58-44-43-52(3,4)5)45-57-50(53)41-37-33-30-27-25-24-26-29-32-36-40-49-48(61-49)39-35-9-7-2/h13-14,16-17,19-20,24,26-27,30,32,36,47-49H,6-12,15,18,21-23,25,28-29,31,33-35,37-46H2,1-5H3/b14-13-,17-16-,20-19-,26-24-,30-27-,36-32-/t47-,48?,49?/m1/s1. The molecule has 0 spiro atoms. The van der Waals surface area contributed by atoms with Crippen molar-refractivity contribution < 1.29 is 46.8 Å². The Labute approximate surface area is 378 Å². The highest BCUT2D eigenvalue weighted by Gasteiger charge is 2.36. The van der Waals surface area contributed by atoms with E-state index in [0.29, 0.717) is 36.1 Å². The van der Waals surface area contributed by atoms with E-state index < -0.39 is 32.5 Å². The van der Waals surface area contributed by atoms with Gasteiger partial charge in [0.05, 0.1) is 40.0 Å². The molecular weight excluding hydrogens is 802 g/mol. The molecule has 0 radical (unpaired) electrons. The van der Waals surface area contributed by atoms with Crippen LogP contribution >= 0.6 is 7.82 Å². The average Bonchev–Trinajstić information content (AvgIpc) is 3.98. The maximum Gasteiger partial charge on any atom is 0.306 e. The van der Waals surface area contributed by atoms with Crippen LogP contribution in [0.5, 0.6) is 0 Å². The number of carbonyl (C=O) groups excluding carboxylic acids is 2. The first kappa shape index (κ1) is 57.4. The summed E-state index contributed by atoms with van der Waals surface area (Å²) in [5.41, 5.74) is 0. The number of esters is 2. The van der Waals surface area contributed by atoms with E-state index >= 15 is 0 Å². The van der Waals surface area contributed by atoms with Gasteiger partial charge in [0.2, 0.25) is 0 Å². The van der Waals surface area contributed by atoms with E-state index in [1.165, 1.54) is 57.8 Å². The van der Waals surface area contributed by atoms with Crippen molar-refractivity contribution in [1.82, 2.24) is 0 Å². The molecule has 1 fully saturated rings. The molecule has 0 amide bonds. The second kappa shape index (κ2) is 38.8. The molecule has 1 heterocycles. The van der Waals surface area contributed by atoms with Gasteiger partial charge in [0.25, 0.3) is 7.82 Å². The molecule has 4 atom stereocenters. The Kier molecular flexibility index (Phi) is 36.0. The molecule has 0 aliphatic carbocycles. The molecule has 0 saturated carbocycles. The lowest BCUT2D eigenvalue weighted by molar-refractivity contribution is -0.870. The number of unbranched alkanes of at least 4 members (excludes halogenated alkanes) is 13. The topological polar surface area (TPSA) is 124 Å². The Hall–Kier alpha value is -2.59. The molecule has 356 valence electrons. The van der Waals surface area contributed by atoms with Crippen molar-refractivity contribution in [2.24, 2.45) is 0 Å². The van der Waals surface area contributed by atoms with Crippen LogP contribution in [0, 0.1) is 0 Å². The monoisotopic (exact) mass is 890 g/mol. The molecule has 0 aromatic rings. The summed E-state index contributed by atoms with van der Waals surface area (Å²) in [6.45, 7) is 4.08. The lowest BCUT2D eigenvalue weighted by atomic mass is 10.1. The fourth-order valence-electron chi connectivity index (χ4n) is 6.45. The van der Waals surface area contributed by atoms with Crippen molar-refractivity contribution in [2.75, 3.05) is 47.5 Å². The molecule has 1 aliphatic heterocycles. The molecule has 0 aromatic heterocycles. The first-order valence-corrected chi connectivity index (χ1v) is 25.7.